The summed E-state index contributed by atoms with van der Waals surface area (Å²) in [4.78, 5) is 47.9. The van der Waals surface area contributed by atoms with Gasteiger partial charge in [0.25, 0.3) is 0 Å². The van der Waals surface area contributed by atoms with E-state index in [1.807, 2.05) is 6.07 Å². The molecule has 0 N–H and O–H groups in total. The molecule has 38 heavy (non-hydrogen) atoms. The highest BCUT2D eigenvalue weighted by Crippen LogP contribution is 2.35. The lowest BCUT2D eigenvalue weighted by atomic mass is 9.96. The van der Waals surface area contributed by atoms with Gasteiger partial charge < -0.3 is 14.2 Å². The van der Waals surface area contributed by atoms with Crippen LogP contribution in [0.3, 0.4) is 0 Å². The average Bonchev–Trinajstić information content (AvgIpc) is 2.96. The first kappa shape index (κ1) is 26.5. The molecule has 4 aromatic rings. The summed E-state index contributed by atoms with van der Waals surface area (Å²) in [5, 5.41) is 0.508. The van der Waals surface area contributed by atoms with Gasteiger partial charge in [-0.2, -0.15) is 0 Å². The Bertz CT molecular complexity index is 1440. The molecule has 1 unspecified atom stereocenters. The lowest BCUT2D eigenvalue weighted by Crippen LogP contribution is -2.24. The number of aromatic nitrogens is 2. The van der Waals surface area contributed by atoms with Crippen LogP contribution in [-0.4, -0.2) is 42.1 Å². The number of hydrogen-bond acceptors (Lipinski definition) is 8. The van der Waals surface area contributed by atoms with E-state index < -0.39 is 24.0 Å². The van der Waals surface area contributed by atoms with Crippen LogP contribution in [0.15, 0.2) is 84.9 Å². The SMILES string of the molecule is COC(=O)Cc1nc(-c2ccc(Cl)cc2)nc(C(OC(=O)c2ccccc2)C(=O)OC)c1-c1ccccc1. The first-order valence-electron chi connectivity index (χ1n) is 11.5. The van der Waals surface area contributed by atoms with Gasteiger partial charge in [-0.15, -0.1) is 0 Å². The summed E-state index contributed by atoms with van der Waals surface area (Å²) in [5.41, 5.74) is 2.11. The molecule has 4 rings (SSSR count). The van der Waals surface area contributed by atoms with Crippen molar-refractivity contribution >= 4 is 29.5 Å². The monoisotopic (exact) mass is 530 g/mol. The van der Waals surface area contributed by atoms with E-state index in [0.717, 1.165) is 0 Å². The molecule has 0 radical (unpaired) electrons. The molecule has 1 atom stereocenters. The molecule has 192 valence electrons. The molecular formula is C29H23ClN2O6. The number of halogens is 1. The van der Waals surface area contributed by atoms with Crippen molar-refractivity contribution in [2.45, 2.75) is 12.5 Å². The lowest BCUT2D eigenvalue weighted by Gasteiger charge is -2.21. The number of carbonyl (C=O) groups excluding carboxylic acids is 3. The Balaban J connectivity index is 1.97. The third-order valence-corrected chi connectivity index (χ3v) is 5.87. The smallest absolute Gasteiger partial charge is 0.353 e. The van der Waals surface area contributed by atoms with Crippen molar-refractivity contribution in [1.29, 1.82) is 0 Å². The highest BCUT2D eigenvalue weighted by molar-refractivity contribution is 6.30. The number of methoxy groups -OCH3 is 2. The van der Waals surface area contributed by atoms with Gasteiger partial charge in [-0.1, -0.05) is 60.1 Å². The quantitative estimate of drug-likeness (QED) is 0.225. The zero-order chi connectivity index (χ0) is 27.1. The van der Waals surface area contributed by atoms with Crippen LogP contribution in [0.1, 0.15) is 27.8 Å². The van der Waals surface area contributed by atoms with Crippen molar-refractivity contribution in [2.75, 3.05) is 14.2 Å². The second-order valence-electron chi connectivity index (χ2n) is 8.05. The van der Waals surface area contributed by atoms with Gasteiger partial charge in [-0.05, 0) is 42.0 Å². The number of carbonyl (C=O) groups is 3. The van der Waals surface area contributed by atoms with E-state index in [9.17, 15) is 14.4 Å². The van der Waals surface area contributed by atoms with Crippen LogP contribution in [0.25, 0.3) is 22.5 Å². The van der Waals surface area contributed by atoms with Gasteiger partial charge in [0.05, 0.1) is 31.9 Å². The van der Waals surface area contributed by atoms with E-state index in [1.54, 1.807) is 78.9 Å². The third-order valence-electron chi connectivity index (χ3n) is 5.61. The molecule has 9 heteroatoms. The number of rotatable bonds is 8. The molecule has 1 aromatic heterocycles. The summed E-state index contributed by atoms with van der Waals surface area (Å²) >= 11 is 6.06. The fourth-order valence-electron chi connectivity index (χ4n) is 3.77. The van der Waals surface area contributed by atoms with E-state index in [-0.39, 0.29) is 29.2 Å². The van der Waals surface area contributed by atoms with Crippen molar-refractivity contribution in [2.24, 2.45) is 0 Å². The van der Waals surface area contributed by atoms with E-state index in [2.05, 4.69) is 9.97 Å². The molecule has 0 spiro atoms. The zero-order valence-corrected chi connectivity index (χ0v) is 21.3. The fraction of sp³-hybridized carbons (Fsp3) is 0.138. The maximum Gasteiger partial charge on any atom is 0.353 e. The average molecular weight is 531 g/mol. The highest BCUT2D eigenvalue weighted by atomic mass is 35.5. The number of benzene rings is 3. The summed E-state index contributed by atoms with van der Waals surface area (Å²) in [6, 6.07) is 23.9. The molecule has 0 bridgehead atoms. The van der Waals surface area contributed by atoms with Crippen molar-refractivity contribution in [3.8, 4) is 22.5 Å². The van der Waals surface area contributed by atoms with Crippen LogP contribution in [0.5, 0.6) is 0 Å². The summed E-state index contributed by atoms with van der Waals surface area (Å²) in [7, 11) is 2.45. The maximum atomic E-state index is 13.1. The molecule has 0 saturated carbocycles. The molecule has 8 nitrogen and oxygen atoms in total. The van der Waals surface area contributed by atoms with Gasteiger partial charge >= 0.3 is 17.9 Å². The Labute approximate surface area is 224 Å². The van der Waals surface area contributed by atoms with E-state index >= 15 is 0 Å². The topological polar surface area (TPSA) is 105 Å². The Morgan fingerprint density at radius 3 is 2.03 bits per heavy atom. The number of esters is 3. The number of hydrogen-bond donors (Lipinski definition) is 0. The standard InChI is InChI=1S/C29H23ClN2O6/c1-36-23(33)17-22-24(18-9-5-3-6-10-18)25(32-27(31-22)19-13-15-21(30)16-14-19)26(29(35)37-2)38-28(34)20-11-7-4-8-12-20/h3-16,26H,17H2,1-2H3. The first-order valence-corrected chi connectivity index (χ1v) is 11.9. The summed E-state index contributed by atoms with van der Waals surface area (Å²) in [6.45, 7) is 0. The summed E-state index contributed by atoms with van der Waals surface area (Å²) in [6.07, 6.45) is -1.79. The van der Waals surface area contributed by atoms with Gasteiger partial charge in [0.1, 0.15) is 5.69 Å². The van der Waals surface area contributed by atoms with Crippen LogP contribution in [0.2, 0.25) is 5.02 Å². The number of ether oxygens (including phenoxy) is 3. The van der Waals surface area contributed by atoms with E-state index in [1.165, 1.54) is 14.2 Å². The minimum absolute atomic E-state index is 0.0613. The molecular weight excluding hydrogens is 508 g/mol. The highest BCUT2D eigenvalue weighted by Gasteiger charge is 2.33. The minimum atomic E-state index is -1.56. The Morgan fingerprint density at radius 1 is 0.789 bits per heavy atom. The van der Waals surface area contributed by atoms with Gasteiger partial charge in [0.2, 0.25) is 6.10 Å². The van der Waals surface area contributed by atoms with Crippen molar-refractivity contribution < 1.29 is 28.6 Å². The van der Waals surface area contributed by atoms with E-state index in [4.69, 9.17) is 25.8 Å². The van der Waals surface area contributed by atoms with Crippen molar-refractivity contribution in [3.63, 3.8) is 0 Å². The lowest BCUT2D eigenvalue weighted by molar-refractivity contribution is -0.151. The van der Waals surface area contributed by atoms with Crippen LogP contribution in [0.4, 0.5) is 0 Å². The van der Waals surface area contributed by atoms with E-state index in [0.29, 0.717) is 21.7 Å². The van der Waals surface area contributed by atoms with Gasteiger partial charge in [-0.25, -0.2) is 19.6 Å². The second-order valence-corrected chi connectivity index (χ2v) is 8.49. The summed E-state index contributed by atoms with van der Waals surface area (Å²) in [5.74, 6) is -1.96. The van der Waals surface area contributed by atoms with Crippen molar-refractivity contribution in [1.82, 2.24) is 9.97 Å². The molecule has 1 heterocycles. The van der Waals surface area contributed by atoms with Gasteiger partial charge in [-0.3, -0.25) is 4.79 Å². The molecule has 0 fully saturated rings. The largest absolute Gasteiger partial charge is 0.469 e. The Kier molecular flexibility index (Phi) is 8.45. The van der Waals surface area contributed by atoms with Crippen LogP contribution in [0, 0.1) is 0 Å². The van der Waals surface area contributed by atoms with Crippen LogP contribution >= 0.6 is 11.6 Å². The fourth-order valence-corrected chi connectivity index (χ4v) is 3.90. The predicted octanol–water partition coefficient (Wildman–Crippen LogP) is 5.25. The molecule has 0 aliphatic heterocycles. The second kappa shape index (κ2) is 12.1. The molecule has 0 aliphatic carbocycles. The Morgan fingerprint density at radius 2 is 1.42 bits per heavy atom. The maximum absolute atomic E-state index is 13.1. The molecule has 0 saturated heterocycles. The predicted molar refractivity (Wildman–Crippen MR) is 140 cm³/mol. The van der Waals surface area contributed by atoms with Gasteiger partial charge in [0.15, 0.2) is 5.82 Å². The first-order chi connectivity index (χ1) is 18.4. The van der Waals surface area contributed by atoms with Gasteiger partial charge in [0, 0.05) is 16.1 Å². The molecule has 3 aromatic carbocycles. The minimum Gasteiger partial charge on any atom is -0.469 e. The Hall–Kier alpha value is -4.56. The summed E-state index contributed by atoms with van der Waals surface area (Å²) < 4.78 is 15.6. The zero-order valence-electron chi connectivity index (χ0n) is 20.6. The van der Waals surface area contributed by atoms with Crippen molar-refractivity contribution in [3.05, 3.63) is 107 Å². The van der Waals surface area contributed by atoms with Crippen LogP contribution < -0.4 is 0 Å². The normalized spacial score (nSPS) is 11.3. The molecule has 0 aliphatic rings. The van der Waals surface area contributed by atoms with Crippen LogP contribution in [-0.2, 0) is 30.2 Å². The number of nitrogens with zero attached hydrogens (tertiary/aromatic N) is 2. The third kappa shape index (κ3) is 6.04. The molecule has 0 amide bonds.